The lowest BCUT2D eigenvalue weighted by atomic mass is 10.1. The molecule has 4 unspecified atom stereocenters. The fourth-order valence-corrected chi connectivity index (χ4v) is 7.77. The normalized spacial score (nSPS) is 36.1. The Balaban J connectivity index is 1.20. The SMILES string of the molecule is COC1[C@H]2OP(=O)(O)OC[C@H]3O[C@@H](n4cnc5c(=O)[nH]c(N)nc54)[C@@H](OC)C3OP(=O)(O)OC[C@H]2O[C@H]1n1cnc2c(=O)[nH]c(N)nc21. The predicted molar refractivity (Wildman–Crippen MR) is 156 cm³/mol. The van der Waals surface area contributed by atoms with Gasteiger partial charge < -0.3 is 40.2 Å². The molecule has 0 aliphatic carbocycles. The highest BCUT2D eigenvalue weighted by Gasteiger charge is 2.55. The molecule has 0 bridgehead atoms. The Morgan fingerprint density at radius 3 is 1.56 bits per heavy atom. The number of nitrogen functional groups attached to an aromatic ring is 2. The maximum Gasteiger partial charge on any atom is 0.472 e. The van der Waals surface area contributed by atoms with E-state index in [2.05, 4.69) is 29.9 Å². The van der Waals surface area contributed by atoms with Crippen LogP contribution in [0, 0.1) is 0 Å². The van der Waals surface area contributed by atoms with Crippen molar-refractivity contribution in [1.82, 2.24) is 39.0 Å². The Morgan fingerprint density at radius 1 is 0.792 bits per heavy atom. The van der Waals surface area contributed by atoms with E-state index in [1.165, 1.54) is 36.0 Å². The molecule has 3 aliphatic rings. The number of hydrogen-bond donors (Lipinski definition) is 6. The number of ether oxygens (including phenoxy) is 4. The van der Waals surface area contributed by atoms with Gasteiger partial charge in [-0.1, -0.05) is 0 Å². The van der Waals surface area contributed by atoms with Gasteiger partial charge in [-0.25, -0.2) is 19.1 Å². The average Bonchev–Trinajstić information content (AvgIpc) is 3.77. The molecule has 10 atom stereocenters. The number of aromatic nitrogens is 8. The van der Waals surface area contributed by atoms with E-state index in [0.29, 0.717) is 0 Å². The lowest BCUT2D eigenvalue weighted by molar-refractivity contribution is -0.0667. The number of imidazole rings is 2. The van der Waals surface area contributed by atoms with Crippen LogP contribution in [0.4, 0.5) is 11.9 Å². The third kappa shape index (κ3) is 5.74. The van der Waals surface area contributed by atoms with Gasteiger partial charge in [0.1, 0.15) is 36.6 Å². The molecule has 4 aromatic rings. The number of H-pyrrole nitrogens is 2. The quantitative estimate of drug-likeness (QED) is 0.128. The number of fused-ring (bicyclic) bond motifs is 4. The summed E-state index contributed by atoms with van der Waals surface area (Å²) < 4.78 is 74.0. The molecule has 8 N–H and O–H groups in total. The second kappa shape index (κ2) is 12.0. The molecule has 3 saturated heterocycles. The first-order valence-electron chi connectivity index (χ1n) is 13.9. The van der Waals surface area contributed by atoms with Crippen LogP contribution in [0.3, 0.4) is 0 Å². The topological polar surface area (TPSA) is 328 Å². The number of methoxy groups -OCH3 is 2. The van der Waals surface area contributed by atoms with Crippen LogP contribution < -0.4 is 22.6 Å². The minimum atomic E-state index is -5.00. The van der Waals surface area contributed by atoms with Crippen LogP contribution in [-0.4, -0.2) is 113 Å². The van der Waals surface area contributed by atoms with E-state index in [-0.39, 0.29) is 34.2 Å². The zero-order chi connectivity index (χ0) is 34.1. The molecule has 0 spiro atoms. The molecule has 26 heteroatoms. The lowest BCUT2D eigenvalue weighted by Gasteiger charge is -2.29. The van der Waals surface area contributed by atoms with Crippen molar-refractivity contribution in [3.8, 4) is 0 Å². The number of phosphoric acid groups is 2. The fraction of sp³-hybridized carbons (Fsp3) is 0.545. The number of aromatic amines is 2. The van der Waals surface area contributed by atoms with Crippen molar-refractivity contribution in [3.63, 3.8) is 0 Å². The largest absolute Gasteiger partial charge is 0.472 e. The summed E-state index contributed by atoms with van der Waals surface area (Å²) in [6.07, 6.45) is -8.16. The third-order valence-corrected chi connectivity index (χ3v) is 9.85. The first-order chi connectivity index (χ1) is 22.8. The molecule has 0 radical (unpaired) electrons. The van der Waals surface area contributed by atoms with Crippen LogP contribution in [0.5, 0.6) is 0 Å². The lowest BCUT2D eigenvalue weighted by Crippen LogP contribution is -2.40. The number of phosphoric ester groups is 2. The second-order valence-corrected chi connectivity index (χ2v) is 13.6. The molecule has 3 fully saturated rings. The Morgan fingerprint density at radius 2 is 1.19 bits per heavy atom. The van der Waals surface area contributed by atoms with Crippen molar-refractivity contribution in [1.29, 1.82) is 0 Å². The van der Waals surface area contributed by atoms with Crippen molar-refractivity contribution in [3.05, 3.63) is 33.4 Å². The van der Waals surface area contributed by atoms with Gasteiger partial charge in [-0.05, 0) is 0 Å². The maximum absolute atomic E-state index is 13.4. The highest BCUT2D eigenvalue weighted by Crippen LogP contribution is 2.54. The molecule has 3 aliphatic heterocycles. The van der Waals surface area contributed by atoms with Gasteiger partial charge in [-0.3, -0.25) is 46.8 Å². The zero-order valence-electron chi connectivity index (χ0n) is 24.7. The molecule has 0 aromatic carbocycles. The minimum Gasteiger partial charge on any atom is -0.374 e. The van der Waals surface area contributed by atoms with Gasteiger partial charge in [0.2, 0.25) is 11.9 Å². The van der Waals surface area contributed by atoms with E-state index in [4.69, 9.17) is 48.5 Å². The smallest absolute Gasteiger partial charge is 0.374 e. The molecule has 24 nitrogen and oxygen atoms in total. The second-order valence-electron chi connectivity index (χ2n) is 10.7. The monoisotopic (exact) mass is 718 g/mol. The first-order valence-corrected chi connectivity index (χ1v) is 16.9. The molecular formula is C22H28N10O14P2. The van der Waals surface area contributed by atoms with Crippen molar-refractivity contribution in [2.75, 3.05) is 38.9 Å². The highest BCUT2D eigenvalue weighted by atomic mass is 31.2. The third-order valence-electron chi connectivity index (χ3n) is 7.88. The summed E-state index contributed by atoms with van der Waals surface area (Å²) in [5.74, 6) is -0.447. The van der Waals surface area contributed by atoms with E-state index in [0.717, 1.165) is 0 Å². The molecule has 4 aromatic heterocycles. The van der Waals surface area contributed by atoms with Crippen LogP contribution in [0.1, 0.15) is 12.5 Å². The average molecular weight is 718 g/mol. The molecule has 260 valence electrons. The number of rotatable bonds is 4. The molecule has 7 heterocycles. The molecule has 48 heavy (non-hydrogen) atoms. The molecule has 0 saturated carbocycles. The van der Waals surface area contributed by atoms with Gasteiger partial charge >= 0.3 is 15.6 Å². The Bertz CT molecular complexity index is 1940. The number of nitrogens with zero attached hydrogens (tertiary/aromatic N) is 6. The van der Waals surface area contributed by atoms with Gasteiger partial charge in [-0.15, -0.1) is 0 Å². The van der Waals surface area contributed by atoms with Crippen LogP contribution in [0.15, 0.2) is 22.2 Å². The van der Waals surface area contributed by atoms with E-state index in [1.54, 1.807) is 0 Å². The Labute approximate surface area is 266 Å². The van der Waals surface area contributed by atoms with Gasteiger partial charge in [0.25, 0.3) is 11.1 Å². The van der Waals surface area contributed by atoms with Gasteiger partial charge in [0.15, 0.2) is 34.8 Å². The van der Waals surface area contributed by atoms with Crippen molar-refractivity contribution in [2.24, 2.45) is 0 Å². The summed E-state index contributed by atoms with van der Waals surface area (Å²) in [7, 11) is -7.50. The van der Waals surface area contributed by atoms with E-state index >= 15 is 0 Å². The Hall–Kier alpha value is -3.64. The molecule has 7 rings (SSSR count). The summed E-state index contributed by atoms with van der Waals surface area (Å²) in [4.78, 5) is 67.2. The summed E-state index contributed by atoms with van der Waals surface area (Å²) in [6.45, 7) is -1.48. The highest BCUT2D eigenvalue weighted by molar-refractivity contribution is 7.47. The Kier molecular flexibility index (Phi) is 8.25. The summed E-state index contributed by atoms with van der Waals surface area (Å²) >= 11 is 0. The minimum absolute atomic E-state index is 0.0144. The number of nitrogens with one attached hydrogen (secondary N) is 2. The van der Waals surface area contributed by atoms with Crippen molar-refractivity contribution < 1.29 is 56.0 Å². The van der Waals surface area contributed by atoms with E-state index in [9.17, 15) is 28.5 Å². The van der Waals surface area contributed by atoms with Crippen LogP contribution in [0.25, 0.3) is 22.3 Å². The van der Waals surface area contributed by atoms with Gasteiger partial charge in [0, 0.05) is 14.2 Å². The van der Waals surface area contributed by atoms with Crippen molar-refractivity contribution in [2.45, 2.75) is 49.1 Å². The maximum atomic E-state index is 13.4. The van der Waals surface area contributed by atoms with Crippen LogP contribution >= 0.6 is 15.6 Å². The summed E-state index contributed by atoms with van der Waals surface area (Å²) in [5.41, 5.74) is 9.92. The van der Waals surface area contributed by atoms with Crippen LogP contribution in [0.2, 0.25) is 0 Å². The fourth-order valence-electron chi connectivity index (χ4n) is 5.85. The molecule has 0 amide bonds. The number of nitrogens with two attached hydrogens (primary N) is 2. The standard InChI is InChI=1S/C22H28N10O14P2/c1-39-13-11-7(43-19(13)31-5-25-9-15(31)27-21(23)29-17(9)33)3-41-48(37,38)46-12-8(4-42-47(35,36)45-11)44-20(14(12)40-2)32-6-26-10-16(32)28-22(24)30-18(10)34/h5-8,11-14,19-20H,3-4H2,1-2H3,(H,35,36)(H,37,38)(H3,23,27,29,33)(H3,24,28,30,34)/t7-,8-,11+,12?,13?,14+,19-,20-/m1/s1. The van der Waals surface area contributed by atoms with E-state index < -0.39 is 89.1 Å². The van der Waals surface area contributed by atoms with Gasteiger partial charge in [-0.2, -0.15) is 9.97 Å². The summed E-state index contributed by atoms with van der Waals surface area (Å²) in [5, 5.41) is 0. The molecular weight excluding hydrogens is 690 g/mol. The van der Waals surface area contributed by atoms with E-state index in [1.807, 2.05) is 0 Å². The number of anilines is 2. The number of hydrogen-bond acceptors (Lipinski definition) is 18. The van der Waals surface area contributed by atoms with Gasteiger partial charge in [0.05, 0.1) is 25.9 Å². The van der Waals surface area contributed by atoms with Crippen LogP contribution in [-0.2, 0) is 46.2 Å². The van der Waals surface area contributed by atoms with Crippen molar-refractivity contribution >= 4 is 49.9 Å². The zero-order valence-corrected chi connectivity index (χ0v) is 26.5. The summed E-state index contributed by atoms with van der Waals surface area (Å²) in [6, 6.07) is 0. The predicted octanol–water partition coefficient (Wildman–Crippen LogP) is -1.74. The first kappa shape index (κ1) is 32.9.